The Morgan fingerprint density at radius 2 is 1.89 bits per heavy atom. The van der Waals surface area contributed by atoms with Gasteiger partial charge < -0.3 is 14.5 Å². The number of esters is 1. The van der Waals surface area contributed by atoms with Crippen LogP contribution in [0.1, 0.15) is 23.2 Å². The SMILES string of the molecule is COC(=O)c1ccc(N2CCC(ON)CC2)cc1. The van der Waals surface area contributed by atoms with Gasteiger partial charge in [0.1, 0.15) is 0 Å². The van der Waals surface area contributed by atoms with Crippen molar-refractivity contribution in [2.75, 3.05) is 25.1 Å². The topological polar surface area (TPSA) is 64.8 Å². The van der Waals surface area contributed by atoms with Gasteiger partial charge in [-0.3, -0.25) is 0 Å². The summed E-state index contributed by atoms with van der Waals surface area (Å²) in [5.41, 5.74) is 1.68. The molecule has 1 aliphatic heterocycles. The number of hydrogen-bond donors (Lipinski definition) is 1. The fourth-order valence-corrected chi connectivity index (χ4v) is 2.18. The molecule has 0 unspecified atom stereocenters. The van der Waals surface area contributed by atoms with Crippen molar-refractivity contribution in [3.63, 3.8) is 0 Å². The number of methoxy groups -OCH3 is 1. The Morgan fingerprint density at radius 3 is 2.39 bits per heavy atom. The van der Waals surface area contributed by atoms with E-state index in [2.05, 4.69) is 9.64 Å². The molecule has 5 heteroatoms. The van der Waals surface area contributed by atoms with Crippen molar-refractivity contribution in [2.24, 2.45) is 5.90 Å². The number of carbonyl (C=O) groups excluding carboxylic acids is 1. The zero-order valence-corrected chi connectivity index (χ0v) is 10.5. The van der Waals surface area contributed by atoms with Gasteiger partial charge in [0, 0.05) is 18.8 Å². The third-order valence-electron chi connectivity index (χ3n) is 3.29. The van der Waals surface area contributed by atoms with Crippen LogP contribution in [0.4, 0.5) is 5.69 Å². The third kappa shape index (κ3) is 2.80. The molecule has 0 aliphatic carbocycles. The molecule has 0 bridgehead atoms. The molecule has 5 nitrogen and oxygen atoms in total. The van der Waals surface area contributed by atoms with E-state index in [4.69, 9.17) is 10.7 Å². The second-order valence-corrected chi connectivity index (χ2v) is 4.36. The van der Waals surface area contributed by atoms with Gasteiger partial charge in [-0.1, -0.05) is 0 Å². The fraction of sp³-hybridized carbons (Fsp3) is 0.462. The van der Waals surface area contributed by atoms with Crippen molar-refractivity contribution >= 4 is 11.7 Å². The minimum atomic E-state index is -0.309. The quantitative estimate of drug-likeness (QED) is 0.647. The largest absolute Gasteiger partial charge is 0.465 e. The highest BCUT2D eigenvalue weighted by Crippen LogP contribution is 2.21. The monoisotopic (exact) mass is 250 g/mol. The van der Waals surface area contributed by atoms with Gasteiger partial charge in [-0.25, -0.2) is 10.7 Å². The molecule has 18 heavy (non-hydrogen) atoms. The van der Waals surface area contributed by atoms with Crippen molar-refractivity contribution in [1.29, 1.82) is 0 Å². The van der Waals surface area contributed by atoms with Crippen LogP contribution >= 0.6 is 0 Å². The van der Waals surface area contributed by atoms with E-state index >= 15 is 0 Å². The van der Waals surface area contributed by atoms with Gasteiger partial charge >= 0.3 is 5.97 Å². The molecule has 1 saturated heterocycles. The summed E-state index contributed by atoms with van der Waals surface area (Å²) in [7, 11) is 1.38. The first-order chi connectivity index (χ1) is 8.74. The second kappa shape index (κ2) is 5.84. The maximum absolute atomic E-state index is 11.3. The molecule has 0 saturated carbocycles. The third-order valence-corrected chi connectivity index (χ3v) is 3.29. The Bertz CT molecular complexity index is 397. The highest BCUT2D eigenvalue weighted by Gasteiger charge is 2.19. The summed E-state index contributed by atoms with van der Waals surface area (Å²) in [6.45, 7) is 1.83. The van der Waals surface area contributed by atoms with Crippen LogP contribution in [0.25, 0.3) is 0 Å². The van der Waals surface area contributed by atoms with Crippen molar-refractivity contribution in [2.45, 2.75) is 18.9 Å². The van der Waals surface area contributed by atoms with E-state index in [1.165, 1.54) is 7.11 Å². The highest BCUT2D eigenvalue weighted by molar-refractivity contribution is 5.89. The lowest BCUT2D eigenvalue weighted by Gasteiger charge is -2.32. The van der Waals surface area contributed by atoms with Crippen LogP contribution in [0.2, 0.25) is 0 Å². The number of anilines is 1. The van der Waals surface area contributed by atoms with Gasteiger partial charge in [-0.05, 0) is 37.1 Å². The van der Waals surface area contributed by atoms with Gasteiger partial charge in [-0.15, -0.1) is 0 Å². The first-order valence-corrected chi connectivity index (χ1v) is 6.03. The van der Waals surface area contributed by atoms with Crippen molar-refractivity contribution in [3.8, 4) is 0 Å². The predicted molar refractivity (Wildman–Crippen MR) is 68.3 cm³/mol. The lowest BCUT2D eigenvalue weighted by molar-refractivity contribution is 0.0368. The molecule has 1 heterocycles. The lowest BCUT2D eigenvalue weighted by atomic mass is 10.1. The summed E-state index contributed by atoms with van der Waals surface area (Å²) in [5, 5.41) is 0. The second-order valence-electron chi connectivity index (χ2n) is 4.36. The Balaban J connectivity index is 2.00. The van der Waals surface area contributed by atoms with E-state index in [0.29, 0.717) is 5.56 Å². The van der Waals surface area contributed by atoms with E-state index < -0.39 is 0 Å². The average molecular weight is 250 g/mol. The van der Waals surface area contributed by atoms with Crippen LogP contribution in [0.15, 0.2) is 24.3 Å². The van der Waals surface area contributed by atoms with Crippen LogP contribution < -0.4 is 10.8 Å². The number of ether oxygens (including phenoxy) is 1. The minimum absolute atomic E-state index is 0.163. The van der Waals surface area contributed by atoms with Crippen molar-refractivity contribution in [3.05, 3.63) is 29.8 Å². The summed E-state index contributed by atoms with van der Waals surface area (Å²) in [4.78, 5) is 18.4. The maximum Gasteiger partial charge on any atom is 0.337 e. The molecular weight excluding hydrogens is 232 g/mol. The molecule has 1 fully saturated rings. The van der Waals surface area contributed by atoms with Crippen LogP contribution in [-0.4, -0.2) is 32.3 Å². The minimum Gasteiger partial charge on any atom is -0.465 e. The molecule has 0 aromatic heterocycles. The molecule has 0 atom stereocenters. The zero-order valence-electron chi connectivity index (χ0n) is 10.5. The van der Waals surface area contributed by atoms with Crippen LogP contribution in [0.5, 0.6) is 0 Å². The summed E-state index contributed by atoms with van der Waals surface area (Å²) in [5.74, 6) is 4.88. The number of piperidine rings is 1. The zero-order chi connectivity index (χ0) is 13.0. The highest BCUT2D eigenvalue weighted by atomic mass is 16.6. The molecule has 98 valence electrons. The first-order valence-electron chi connectivity index (χ1n) is 6.03. The number of rotatable bonds is 3. The van der Waals surface area contributed by atoms with E-state index in [0.717, 1.165) is 31.6 Å². The van der Waals surface area contributed by atoms with Crippen molar-refractivity contribution < 1.29 is 14.4 Å². The summed E-state index contributed by atoms with van der Waals surface area (Å²) < 4.78 is 4.67. The lowest BCUT2D eigenvalue weighted by Crippen LogP contribution is -2.38. The number of nitrogens with two attached hydrogens (primary N) is 1. The van der Waals surface area contributed by atoms with Crippen LogP contribution in [0, 0.1) is 0 Å². The number of carbonyl (C=O) groups is 1. The normalized spacial score (nSPS) is 16.7. The van der Waals surface area contributed by atoms with Gasteiger partial charge in [0.05, 0.1) is 18.8 Å². The van der Waals surface area contributed by atoms with E-state index in [-0.39, 0.29) is 12.1 Å². The van der Waals surface area contributed by atoms with Crippen LogP contribution in [0.3, 0.4) is 0 Å². The predicted octanol–water partition coefficient (Wildman–Crippen LogP) is 1.33. The number of nitrogens with zero attached hydrogens (tertiary/aromatic N) is 1. The standard InChI is InChI=1S/C13H18N2O3/c1-17-13(16)10-2-4-11(5-3-10)15-8-6-12(18-14)7-9-15/h2-5,12H,6-9,14H2,1H3. The van der Waals surface area contributed by atoms with Crippen LogP contribution in [-0.2, 0) is 9.57 Å². The van der Waals surface area contributed by atoms with Gasteiger partial charge in [-0.2, -0.15) is 0 Å². The molecule has 0 amide bonds. The van der Waals surface area contributed by atoms with Gasteiger partial charge in [0.25, 0.3) is 0 Å². The van der Waals surface area contributed by atoms with Gasteiger partial charge in [0.2, 0.25) is 0 Å². The Morgan fingerprint density at radius 1 is 1.28 bits per heavy atom. The van der Waals surface area contributed by atoms with E-state index in [9.17, 15) is 4.79 Å². The first kappa shape index (κ1) is 12.9. The Labute approximate surface area is 106 Å². The fourth-order valence-electron chi connectivity index (χ4n) is 2.18. The molecule has 1 aliphatic rings. The van der Waals surface area contributed by atoms with E-state index in [1.54, 1.807) is 12.1 Å². The Kier molecular flexibility index (Phi) is 4.17. The molecule has 0 spiro atoms. The molecule has 1 aromatic carbocycles. The molecular formula is C13H18N2O3. The molecule has 2 N–H and O–H groups in total. The van der Waals surface area contributed by atoms with Crippen molar-refractivity contribution in [1.82, 2.24) is 0 Å². The Hall–Kier alpha value is -1.59. The average Bonchev–Trinajstić information content (AvgIpc) is 2.47. The molecule has 2 rings (SSSR count). The van der Waals surface area contributed by atoms with E-state index in [1.807, 2.05) is 12.1 Å². The summed E-state index contributed by atoms with van der Waals surface area (Å²) >= 11 is 0. The number of benzene rings is 1. The summed E-state index contributed by atoms with van der Waals surface area (Å²) in [6.07, 6.45) is 2.01. The number of hydrogen-bond acceptors (Lipinski definition) is 5. The summed E-state index contributed by atoms with van der Waals surface area (Å²) in [6, 6.07) is 7.45. The molecule has 1 aromatic rings. The smallest absolute Gasteiger partial charge is 0.337 e. The van der Waals surface area contributed by atoms with Gasteiger partial charge in [0.15, 0.2) is 0 Å². The molecule has 0 radical (unpaired) electrons. The maximum atomic E-state index is 11.3.